The van der Waals surface area contributed by atoms with E-state index in [1.165, 1.54) is 11.3 Å². The second kappa shape index (κ2) is 5.43. The van der Waals surface area contributed by atoms with Crippen LogP contribution in [-0.2, 0) is 0 Å². The van der Waals surface area contributed by atoms with E-state index in [-0.39, 0.29) is 5.91 Å². The lowest BCUT2D eigenvalue weighted by molar-refractivity contribution is 0.0939. The van der Waals surface area contributed by atoms with Crippen LogP contribution < -0.4 is 11.1 Å². The number of nitrogens with one attached hydrogen (secondary N) is 1. The van der Waals surface area contributed by atoms with Crippen molar-refractivity contribution in [3.05, 3.63) is 29.1 Å². The molecule has 3 rings (SSSR count). The van der Waals surface area contributed by atoms with Gasteiger partial charge in [-0.25, -0.2) is 0 Å². The molecule has 0 unspecified atom stereocenters. The van der Waals surface area contributed by atoms with Crippen molar-refractivity contribution in [2.24, 2.45) is 0 Å². The summed E-state index contributed by atoms with van der Waals surface area (Å²) < 4.78 is 1.11. The number of nitrogen functional groups attached to an aromatic ring is 1. The molecule has 0 spiro atoms. The van der Waals surface area contributed by atoms with Crippen molar-refractivity contribution in [1.82, 2.24) is 5.32 Å². The van der Waals surface area contributed by atoms with Crippen LogP contribution >= 0.6 is 23.1 Å². The van der Waals surface area contributed by atoms with Crippen LogP contribution in [-0.4, -0.2) is 23.5 Å². The van der Waals surface area contributed by atoms with Gasteiger partial charge in [0, 0.05) is 16.4 Å². The fourth-order valence-corrected chi connectivity index (χ4v) is 4.32. The Balaban J connectivity index is 1.77. The zero-order chi connectivity index (χ0) is 13.2. The highest BCUT2D eigenvalue weighted by Crippen LogP contribution is 2.27. The van der Waals surface area contributed by atoms with Crippen LogP contribution in [0, 0.1) is 0 Å². The first-order valence-electron chi connectivity index (χ1n) is 6.40. The standard InChI is InChI=1S/C14H16N2OS2/c15-10-1-2-12-9(7-10)8-13(19-12)14(17)16-11-3-5-18-6-4-11/h1-2,7-8,11H,3-6,15H2,(H,16,17). The number of thioether (sulfide) groups is 1. The van der Waals surface area contributed by atoms with E-state index in [2.05, 4.69) is 5.32 Å². The van der Waals surface area contributed by atoms with Crippen LogP contribution in [0.4, 0.5) is 5.69 Å². The predicted octanol–water partition coefficient (Wildman–Crippen LogP) is 3.11. The van der Waals surface area contributed by atoms with Gasteiger partial charge >= 0.3 is 0 Å². The van der Waals surface area contributed by atoms with Gasteiger partial charge in [0.2, 0.25) is 0 Å². The monoisotopic (exact) mass is 292 g/mol. The molecule has 1 aliphatic heterocycles. The number of nitrogens with two attached hydrogens (primary N) is 1. The van der Waals surface area contributed by atoms with Crippen LogP contribution in [0.15, 0.2) is 24.3 Å². The predicted molar refractivity (Wildman–Crippen MR) is 84.1 cm³/mol. The fourth-order valence-electron chi connectivity index (χ4n) is 2.27. The Kier molecular flexibility index (Phi) is 3.66. The zero-order valence-electron chi connectivity index (χ0n) is 10.5. The number of fused-ring (bicyclic) bond motifs is 1. The quantitative estimate of drug-likeness (QED) is 0.836. The van der Waals surface area contributed by atoms with Crippen LogP contribution in [0.25, 0.3) is 10.1 Å². The summed E-state index contributed by atoms with van der Waals surface area (Å²) in [6.07, 6.45) is 2.16. The Morgan fingerprint density at radius 3 is 2.84 bits per heavy atom. The second-order valence-corrected chi connectivity index (χ2v) is 7.08. The first-order chi connectivity index (χ1) is 9.22. The van der Waals surface area contributed by atoms with Crippen molar-refractivity contribution in [3.63, 3.8) is 0 Å². The van der Waals surface area contributed by atoms with Crippen molar-refractivity contribution in [2.45, 2.75) is 18.9 Å². The third kappa shape index (κ3) is 2.87. The summed E-state index contributed by atoms with van der Waals surface area (Å²) in [5, 5.41) is 4.19. The summed E-state index contributed by atoms with van der Waals surface area (Å²) in [5.41, 5.74) is 6.50. The maximum Gasteiger partial charge on any atom is 0.261 e. The van der Waals surface area contributed by atoms with Gasteiger partial charge in [-0.15, -0.1) is 11.3 Å². The lowest BCUT2D eigenvalue weighted by Gasteiger charge is -2.22. The zero-order valence-corrected chi connectivity index (χ0v) is 12.2. The molecule has 0 saturated carbocycles. The van der Waals surface area contributed by atoms with Crippen LogP contribution in [0.3, 0.4) is 0 Å². The summed E-state index contributed by atoms with van der Waals surface area (Å²) in [6.45, 7) is 0. The number of rotatable bonds is 2. The number of thiophene rings is 1. The molecular weight excluding hydrogens is 276 g/mol. The van der Waals surface area contributed by atoms with Gasteiger partial charge in [-0.1, -0.05) is 0 Å². The van der Waals surface area contributed by atoms with Gasteiger partial charge in [0.05, 0.1) is 4.88 Å². The third-order valence-electron chi connectivity index (χ3n) is 3.32. The van der Waals surface area contributed by atoms with Gasteiger partial charge in [0.1, 0.15) is 0 Å². The van der Waals surface area contributed by atoms with E-state index in [4.69, 9.17) is 5.73 Å². The van der Waals surface area contributed by atoms with E-state index in [1.807, 2.05) is 36.0 Å². The summed E-state index contributed by atoms with van der Waals surface area (Å²) in [5.74, 6) is 2.35. The van der Waals surface area contributed by atoms with Gasteiger partial charge < -0.3 is 11.1 Å². The maximum absolute atomic E-state index is 12.2. The molecule has 1 amide bonds. The molecule has 1 fully saturated rings. The number of amides is 1. The molecule has 1 aromatic heterocycles. The lowest BCUT2D eigenvalue weighted by Crippen LogP contribution is -2.36. The topological polar surface area (TPSA) is 55.1 Å². The molecule has 2 aromatic rings. The molecule has 0 aliphatic carbocycles. The Bertz CT molecular complexity index is 603. The largest absolute Gasteiger partial charge is 0.399 e. The molecular formula is C14H16N2OS2. The Hall–Kier alpha value is -1.20. The first-order valence-corrected chi connectivity index (χ1v) is 8.37. The summed E-state index contributed by atoms with van der Waals surface area (Å²) >= 11 is 3.49. The molecule has 0 atom stereocenters. The van der Waals surface area contributed by atoms with Crippen molar-refractivity contribution >= 4 is 44.8 Å². The smallest absolute Gasteiger partial charge is 0.261 e. The average Bonchev–Trinajstić information content (AvgIpc) is 2.83. The van der Waals surface area contributed by atoms with Gasteiger partial charge in [0.15, 0.2) is 0 Å². The van der Waals surface area contributed by atoms with Crippen LogP contribution in [0.2, 0.25) is 0 Å². The Morgan fingerprint density at radius 1 is 1.26 bits per heavy atom. The number of hydrogen-bond acceptors (Lipinski definition) is 4. The number of benzene rings is 1. The normalized spacial score (nSPS) is 16.6. The highest BCUT2D eigenvalue weighted by Gasteiger charge is 2.18. The number of carbonyl (C=O) groups excluding carboxylic acids is 1. The summed E-state index contributed by atoms with van der Waals surface area (Å²) in [6, 6.07) is 8.04. The molecule has 0 radical (unpaired) electrons. The maximum atomic E-state index is 12.2. The molecule has 1 aliphatic rings. The molecule has 3 nitrogen and oxygen atoms in total. The van der Waals surface area contributed by atoms with Crippen molar-refractivity contribution in [1.29, 1.82) is 0 Å². The van der Waals surface area contributed by atoms with E-state index >= 15 is 0 Å². The van der Waals surface area contributed by atoms with E-state index < -0.39 is 0 Å². The minimum atomic E-state index is 0.0525. The minimum Gasteiger partial charge on any atom is -0.399 e. The number of anilines is 1. The van der Waals surface area contributed by atoms with E-state index in [1.54, 1.807) is 0 Å². The van der Waals surface area contributed by atoms with Crippen molar-refractivity contribution in [2.75, 3.05) is 17.2 Å². The molecule has 0 bridgehead atoms. The molecule has 3 N–H and O–H groups in total. The molecule has 1 aromatic carbocycles. The van der Waals surface area contributed by atoms with Crippen LogP contribution in [0.1, 0.15) is 22.5 Å². The third-order valence-corrected chi connectivity index (χ3v) is 5.48. The summed E-state index contributed by atoms with van der Waals surface area (Å²) in [7, 11) is 0. The molecule has 1 saturated heterocycles. The first kappa shape index (κ1) is 12.8. The van der Waals surface area contributed by atoms with Gasteiger partial charge in [-0.2, -0.15) is 11.8 Å². The Labute approximate surface area is 120 Å². The highest BCUT2D eigenvalue weighted by molar-refractivity contribution is 7.99. The number of carbonyl (C=O) groups is 1. The van der Waals surface area contributed by atoms with E-state index in [0.29, 0.717) is 6.04 Å². The lowest BCUT2D eigenvalue weighted by atomic mass is 10.1. The highest BCUT2D eigenvalue weighted by atomic mass is 32.2. The summed E-state index contributed by atoms with van der Waals surface area (Å²) in [4.78, 5) is 13.0. The molecule has 5 heteroatoms. The van der Waals surface area contributed by atoms with Crippen molar-refractivity contribution in [3.8, 4) is 0 Å². The van der Waals surface area contributed by atoms with Gasteiger partial charge in [0.25, 0.3) is 5.91 Å². The second-order valence-electron chi connectivity index (χ2n) is 4.77. The SMILES string of the molecule is Nc1ccc2sc(C(=O)NC3CCSCC3)cc2c1. The average molecular weight is 292 g/mol. The van der Waals surface area contributed by atoms with E-state index in [0.717, 1.165) is 45.0 Å². The molecule has 2 heterocycles. The molecule has 19 heavy (non-hydrogen) atoms. The van der Waals surface area contributed by atoms with E-state index in [9.17, 15) is 4.79 Å². The fraction of sp³-hybridized carbons (Fsp3) is 0.357. The van der Waals surface area contributed by atoms with Crippen molar-refractivity contribution < 1.29 is 4.79 Å². The van der Waals surface area contributed by atoms with Gasteiger partial charge in [-0.05, 0) is 54.0 Å². The molecule has 100 valence electrons. The number of hydrogen-bond donors (Lipinski definition) is 2. The van der Waals surface area contributed by atoms with Gasteiger partial charge in [-0.3, -0.25) is 4.79 Å². The van der Waals surface area contributed by atoms with Crippen LogP contribution in [0.5, 0.6) is 0 Å². The Morgan fingerprint density at radius 2 is 2.05 bits per heavy atom. The minimum absolute atomic E-state index is 0.0525.